The van der Waals surface area contributed by atoms with Gasteiger partial charge in [0.05, 0.1) is 5.41 Å². The summed E-state index contributed by atoms with van der Waals surface area (Å²) in [7, 11) is 0. The molecular weight excluding hydrogens is 248 g/mol. The first-order valence-electron chi connectivity index (χ1n) is 7.74. The lowest BCUT2D eigenvalue weighted by Crippen LogP contribution is -2.52. The van der Waals surface area contributed by atoms with E-state index in [-0.39, 0.29) is 5.41 Å². The zero-order valence-electron chi connectivity index (χ0n) is 12.2. The largest absolute Gasteiger partial charge is 0.339 e. The van der Waals surface area contributed by atoms with Crippen molar-refractivity contribution in [3.8, 4) is 0 Å². The van der Waals surface area contributed by atoms with E-state index in [0.29, 0.717) is 24.4 Å². The average molecular weight is 272 g/mol. The second kappa shape index (κ2) is 5.21. The lowest BCUT2D eigenvalue weighted by atomic mass is 9.63. The van der Waals surface area contributed by atoms with E-state index in [0.717, 1.165) is 32.2 Å². The highest BCUT2D eigenvalue weighted by atomic mass is 16.2. The highest BCUT2D eigenvalue weighted by molar-refractivity contribution is 5.89. The third-order valence-electron chi connectivity index (χ3n) is 5.20. The van der Waals surface area contributed by atoms with E-state index in [2.05, 4.69) is 24.0 Å². The second-order valence-corrected chi connectivity index (χ2v) is 6.45. The first kappa shape index (κ1) is 13.6. The number of hydrogen-bond donors (Lipinski definition) is 1. The predicted octanol–water partition coefficient (Wildman–Crippen LogP) is 2.30. The lowest BCUT2D eigenvalue weighted by molar-refractivity contribution is -0.141. The van der Waals surface area contributed by atoms with Crippen molar-refractivity contribution in [2.45, 2.75) is 44.1 Å². The van der Waals surface area contributed by atoms with Crippen molar-refractivity contribution in [2.75, 3.05) is 13.1 Å². The van der Waals surface area contributed by atoms with Gasteiger partial charge in [0.15, 0.2) is 0 Å². The van der Waals surface area contributed by atoms with Crippen LogP contribution in [0.4, 0.5) is 0 Å². The first-order chi connectivity index (χ1) is 9.67. The molecule has 1 aliphatic heterocycles. The van der Waals surface area contributed by atoms with Crippen LogP contribution in [0.3, 0.4) is 0 Å². The highest BCUT2D eigenvalue weighted by Crippen LogP contribution is 2.46. The number of nitrogens with two attached hydrogens (primary N) is 1. The summed E-state index contributed by atoms with van der Waals surface area (Å²) in [5.41, 5.74) is 6.73. The molecule has 1 amide bonds. The van der Waals surface area contributed by atoms with Gasteiger partial charge in [0.2, 0.25) is 5.91 Å². The minimum atomic E-state index is -0.251. The van der Waals surface area contributed by atoms with Crippen LogP contribution >= 0.6 is 0 Å². The number of benzene rings is 1. The van der Waals surface area contributed by atoms with Gasteiger partial charge in [0.1, 0.15) is 0 Å². The van der Waals surface area contributed by atoms with Crippen molar-refractivity contribution < 1.29 is 4.79 Å². The molecule has 2 N–H and O–H groups in total. The summed E-state index contributed by atoms with van der Waals surface area (Å²) in [6.07, 6.45) is 4.19. The summed E-state index contributed by atoms with van der Waals surface area (Å²) in [4.78, 5) is 15.2. The molecule has 2 atom stereocenters. The minimum absolute atomic E-state index is 0.251. The van der Waals surface area contributed by atoms with Gasteiger partial charge in [-0.2, -0.15) is 0 Å². The zero-order chi connectivity index (χ0) is 14.2. The Hall–Kier alpha value is -1.35. The van der Waals surface area contributed by atoms with Crippen molar-refractivity contribution >= 4 is 5.91 Å². The summed E-state index contributed by atoms with van der Waals surface area (Å²) in [6, 6.07) is 10.6. The molecule has 1 aromatic carbocycles. The molecule has 3 heteroatoms. The molecule has 2 aliphatic rings. The number of likely N-dealkylation sites (tertiary alicyclic amines) is 1. The van der Waals surface area contributed by atoms with E-state index in [1.165, 1.54) is 5.56 Å². The van der Waals surface area contributed by atoms with Gasteiger partial charge in [0.25, 0.3) is 0 Å². The topological polar surface area (TPSA) is 46.3 Å². The van der Waals surface area contributed by atoms with E-state index < -0.39 is 0 Å². The Morgan fingerprint density at radius 3 is 2.55 bits per heavy atom. The monoisotopic (exact) mass is 272 g/mol. The fourth-order valence-corrected chi connectivity index (χ4v) is 3.78. The molecule has 1 saturated heterocycles. The van der Waals surface area contributed by atoms with Crippen molar-refractivity contribution in [1.29, 1.82) is 0 Å². The molecule has 0 radical (unpaired) electrons. The number of nitrogens with zero attached hydrogens (tertiary/aromatic N) is 1. The Bertz CT molecular complexity index is 481. The van der Waals surface area contributed by atoms with Gasteiger partial charge in [-0.1, -0.05) is 36.8 Å². The quantitative estimate of drug-likeness (QED) is 0.917. The fourth-order valence-electron chi connectivity index (χ4n) is 3.78. The smallest absolute Gasteiger partial charge is 0.233 e. The second-order valence-electron chi connectivity index (χ2n) is 6.45. The molecule has 1 heterocycles. The van der Waals surface area contributed by atoms with E-state index in [1.807, 2.05) is 18.2 Å². The molecule has 108 valence electrons. The van der Waals surface area contributed by atoms with Crippen LogP contribution in [0.2, 0.25) is 0 Å². The summed E-state index contributed by atoms with van der Waals surface area (Å²) in [5, 5.41) is 0. The number of rotatable bonds is 3. The number of amides is 1. The molecule has 0 spiro atoms. The van der Waals surface area contributed by atoms with Crippen LogP contribution in [-0.2, 0) is 10.2 Å². The Balaban J connectivity index is 1.85. The van der Waals surface area contributed by atoms with Gasteiger partial charge in [-0.05, 0) is 44.2 Å². The molecule has 1 aliphatic carbocycles. The summed E-state index contributed by atoms with van der Waals surface area (Å²) < 4.78 is 0. The van der Waals surface area contributed by atoms with Crippen LogP contribution in [-0.4, -0.2) is 29.9 Å². The Labute approximate surface area is 121 Å². The molecule has 0 bridgehead atoms. The maximum atomic E-state index is 13.1. The van der Waals surface area contributed by atoms with E-state index >= 15 is 0 Å². The fraction of sp³-hybridized carbons (Fsp3) is 0.588. The Morgan fingerprint density at radius 2 is 2.05 bits per heavy atom. The molecule has 2 fully saturated rings. The van der Waals surface area contributed by atoms with Crippen LogP contribution in [0.15, 0.2) is 30.3 Å². The van der Waals surface area contributed by atoms with Crippen LogP contribution in [0, 0.1) is 5.92 Å². The van der Waals surface area contributed by atoms with Gasteiger partial charge in [0, 0.05) is 12.6 Å². The maximum absolute atomic E-state index is 13.1. The first-order valence-corrected chi connectivity index (χ1v) is 7.74. The van der Waals surface area contributed by atoms with Crippen LogP contribution in [0.1, 0.15) is 38.2 Å². The summed E-state index contributed by atoms with van der Waals surface area (Å²) >= 11 is 0. The third-order valence-corrected chi connectivity index (χ3v) is 5.20. The SMILES string of the molecule is CC1CC(CN)CN1C(=O)C1(c2ccccc2)CCC1. The normalized spacial score (nSPS) is 28.2. The standard InChI is InChI=1S/C17H24N2O/c1-13-10-14(11-18)12-19(13)16(20)17(8-5-9-17)15-6-3-2-4-7-15/h2-4,6-7,13-14H,5,8-12,18H2,1H3. The third kappa shape index (κ3) is 2.05. The molecule has 0 aromatic heterocycles. The lowest BCUT2D eigenvalue weighted by Gasteiger charge is -2.44. The van der Waals surface area contributed by atoms with Crippen molar-refractivity contribution in [2.24, 2.45) is 11.7 Å². The Morgan fingerprint density at radius 1 is 1.35 bits per heavy atom. The van der Waals surface area contributed by atoms with Crippen LogP contribution in [0.5, 0.6) is 0 Å². The average Bonchev–Trinajstić information content (AvgIpc) is 2.80. The van der Waals surface area contributed by atoms with Crippen molar-refractivity contribution in [3.05, 3.63) is 35.9 Å². The predicted molar refractivity (Wildman–Crippen MR) is 80.3 cm³/mol. The van der Waals surface area contributed by atoms with Crippen LogP contribution in [0.25, 0.3) is 0 Å². The molecule has 2 unspecified atom stereocenters. The van der Waals surface area contributed by atoms with Crippen LogP contribution < -0.4 is 5.73 Å². The van der Waals surface area contributed by atoms with Crippen molar-refractivity contribution in [1.82, 2.24) is 4.90 Å². The van der Waals surface area contributed by atoms with E-state index in [1.54, 1.807) is 0 Å². The zero-order valence-corrected chi connectivity index (χ0v) is 12.2. The number of carbonyl (C=O) groups is 1. The Kier molecular flexibility index (Phi) is 3.55. The summed E-state index contributed by atoms with van der Waals surface area (Å²) in [6.45, 7) is 3.68. The number of carbonyl (C=O) groups excluding carboxylic acids is 1. The van der Waals surface area contributed by atoms with Gasteiger partial charge < -0.3 is 10.6 Å². The minimum Gasteiger partial charge on any atom is -0.339 e. The maximum Gasteiger partial charge on any atom is 0.233 e. The molecule has 1 aromatic rings. The van der Waals surface area contributed by atoms with Gasteiger partial charge in [-0.15, -0.1) is 0 Å². The van der Waals surface area contributed by atoms with Gasteiger partial charge in [-0.3, -0.25) is 4.79 Å². The van der Waals surface area contributed by atoms with Gasteiger partial charge >= 0.3 is 0 Å². The molecule has 3 rings (SSSR count). The number of hydrogen-bond acceptors (Lipinski definition) is 2. The highest BCUT2D eigenvalue weighted by Gasteiger charge is 2.49. The summed E-state index contributed by atoms with van der Waals surface area (Å²) in [5.74, 6) is 0.806. The molecular formula is C17H24N2O. The van der Waals surface area contributed by atoms with E-state index in [9.17, 15) is 4.79 Å². The molecule has 20 heavy (non-hydrogen) atoms. The van der Waals surface area contributed by atoms with Crippen molar-refractivity contribution in [3.63, 3.8) is 0 Å². The molecule has 3 nitrogen and oxygen atoms in total. The van der Waals surface area contributed by atoms with E-state index in [4.69, 9.17) is 5.73 Å². The van der Waals surface area contributed by atoms with Gasteiger partial charge in [-0.25, -0.2) is 0 Å². The molecule has 1 saturated carbocycles.